The van der Waals surface area contributed by atoms with Gasteiger partial charge in [-0.05, 0) is 136 Å². The smallest absolute Gasteiger partial charge is 0.253 e. The zero-order valence-electron chi connectivity index (χ0n) is 31.9. The number of benzene rings is 2. The Morgan fingerprint density at radius 1 is 0.443 bits per heavy atom. The van der Waals surface area contributed by atoms with Crippen molar-refractivity contribution in [3.8, 4) is 0 Å². The molecule has 27 heteroatoms. The Bertz CT molecular complexity index is 1930. The van der Waals surface area contributed by atoms with Crippen LogP contribution in [-0.2, 0) is 9.59 Å². The van der Waals surface area contributed by atoms with Gasteiger partial charge in [0.1, 0.15) is 0 Å². The molecule has 6 amide bonds. The molecule has 0 heterocycles. The molecule has 0 spiro atoms. The molecule has 0 fully saturated rings. The first-order valence-corrected chi connectivity index (χ1v) is 23.9. The second-order valence-corrected chi connectivity index (χ2v) is 19.3. The quantitative estimate of drug-likeness (QED) is 0.0493. The Morgan fingerprint density at radius 2 is 0.689 bits per heavy atom. The molecule has 2 rings (SSSR count). The van der Waals surface area contributed by atoms with Gasteiger partial charge in [0.25, 0.3) is 23.6 Å². The lowest BCUT2D eigenvalue weighted by Gasteiger charge is -2.32. The first kappa shape index (κ1) is 56.4. The highest BCUT2D eigenvalue weighted by atomic mass is 127. The summed E-state index contributed by atoms with van der Waals surface area (Å²) in [5.41, 5.74) is -0.595. The lowest BCUT2D eigenvalue weighted by Crippen LogP contribution is -2.45. The van der Waals surface area contributed by atoms with Crippen LogP contribution in [0.4, 0.5) is 11.4 Å². The van der Waals surface area contributed by atoms with Crippen molar-refractivity contribution in [2.24, 2.45) is 0 Å². The highest BCUT2D eigenvalue weighted by Gasteiger charge is 2.35. The molecule has 2 aromatic rings. The minimum absolute atomic E-state index is 0.0178. The lowest BCUT2D eigenvalue weighted by atomic mass is 10.1. The fraction of sp³-hybridized carbons (Fsp3) is 0.471. The zero-order valence-corrected chi connectivity index (χ0v) is 44.8. The van der Waals surface area contributed by atoms with Crippen LogP contribution >= 0.6 is 136 Å². The first-order chi connectivity index (χ1) is 28.5. The molecule has 21 nitrogen and oxygen atoms in total. The number of nitrogens with one attached hydrogen (secondary N) is 4. The summed E-state index contributed by atoms with van der Waals surface area (Å²) >= 11 is 10.6. The van der Waals surface area contributed by atoms with Crippen LogP contribution in [0.15, 0.2) is 0 Å². The zero-order chi connectivity index (χ0) is 46.6. The number of aliphatic hydroxyl groups is 9. The molecule has 0 saturated heterocycles. The third-order valence-electron chi connectivity index (χ3n) is 8.15. The predicted molar refractivity (Wildman–Crippen MR) is 268 cm³/mol. The van der Waals surface area contributed by atoms with Crippen LogP contribution in [-0.4, -0.2) is 171 Å². The Hall–Kier alpha value is -0.720. The Labute approximate surface area is 430 Å². The highest BCUT2D eigenvalue weighted by Crippen LogP contribution is 2.40. The summed E-state index contributed by atoms with van der Waals surface area (Å²) in [6, 6.07) is 0. The van der Waals surface area contributed by atoms with E-state index >= 15 is 0 Å². The fourth-order valence-electron chi connectivity index (χ4n) is 5.17. The molecule has 340 valence electrons. The second kappa shape index (κ2) is 26.4. The molecule has 4 unspecified atom stereocenters. The largest absolute Gasteiger partial charge is 0.394 e. The van der Waals surface area contributed by atoms with E-state index in [1.807, 2.05) is 0 Å². The number of hydrogen-bond donors (Lipinski definition) is 13. The molecule has 0 saturated carbocycles. The van der Waals surface area contributed by atoms with Crippen LogP contribution in [0.2, 0.25) is 0 Å². The molecule has 0 aromatic heterocycles. The average Bonchev–Trinajstić information content (AvgIpc) is 3.18. The number of carbonyl (C=O) groups excluding carboxylic acids is 6. The van der Waals surface area contributed by atoms with E-state index < -0.39 is 112 Å². The van der Waals surface area contributed by atoms with Crippen molar-refractivity contribution in [2.75, 3.05) is 68.9 Å². The van der Waals surface area contributed by atoms with Crippen molar-refractivity contribution in [2.45, 2.75) is 44.6 Å². The summed E-state index contributed by atoms with van der Waals surface area (Å²) in [7, 11) is 0. The normalized spacial score (nSPS) is 13.2. The van der Waals surface area contributed by atoms with Gasteiger partial charge in [-0.2, -0.15) is 0 Å². The van der Waals surface area contributed by atoms with Crippen LogP contribution < -0.4 is 31.1 Å². The number of hydrogen-bond acceptors (Lipinski definition) is 15. The number of carbonyl (C=O) groups is 6. The molecule has 0 radical (unpaired) electrons. The minimum atomic E-state index is -1.94. The van der Waals surface area contributed by atoms with E-state index in [4.69, 9.17) is 0 Å². The third kappa shape index (κ3) is 15.2. The van der Waals surface area contributed by atoms with E-state index in [1.54, 1.807) is 136 Å². The van der Waals surface area contributed by atoms with E-state index in [1.165, 1.54) is 0 Å². The van der Waals surface area contributed by atoms with E-state index in [2.05, 4.69) is 21.3 Å². The van der Waals surface area contributed by atoms with Gasteiger partial charge in [0, 0.05) is 40.6 Å². The van der Waals surface area contributed by atoms with Gasteiger partial charge in [-0.15, -0.1) is 0 Å². The predicted octanol–water partition coefficient (Wildman–Crippen LogP) is -1.63. The molecule has 0 bridgehead atoms. The van der Waals surface area contributed by atoms with Crippen molar-refractivity contribution in [3.05, 3.63) is 43.7 Å². The van der Waals surface area contributed by atoms with Gasteiger partial charge in [-0.3, -0.25) is 28.8 Å². The Balaban J connectivity index is 2.84. The summed E-state index contributed by atoms with van der Waals surface area (Å²) in [6.45, 7) is -2.68. The number of halogens is 6. The van der Waals surface area contributed by atoms with Gasteiger partial charge in [-0.25, -0.2) is 0 Å². The van der Waals surface area contributed by atoms with E-state index in [9.17, 15) is 74.7 Å². The number of aliphatic hydroxyl groups excluding tert-OH is 8. The maximum absolute atomic E-state index is 13.6. The topological polar surface area (TPSA) is 339 Å². The number of nitrogens with zero attached hydrogens (tertiary/aromatic N) is 2. The van der Waals surface area contributed by atoms with Crippen molar-refractivity contribution in [3.63, 3.8) is 0 Å². The van der Waals surface area contributed by atoms with Gasteiger partial charge >= 0.3 is 0 Å². The molecule has 0 aliphatic heterocycles. The first-order valence-electron chi connectivity index (χ1n) is 17.5. The van der Waals surface area contributed by atoms with Crippen LogP contribution in [0, 0.1) is 21.4 Å². The molecule has 2 aromatic carbocycles. The Kier molecular flexibility index (Phi) is 24.4. The highest BCUT2D eigenvalue weighted by molar-refractivity contribution is 14.1. The van der Waals surface area contributed by atoms with Gasteiger partial charge in [0.05, 0.1) is 112 Å². The van der Waals surface area contributed by atoms with Crippen molar-refractivity contribution < 1.29 is 74.7 Å². The monoisotopic (exact) mass is 1540 g/mol. The van der Waals surface area contributed by atoms with Gasteiger partial charge in [-0.1, -0.05) is 0 Å². The molecular weight excluding hydrogens is 1490 g/mol. The van der Waals surface area contributed by atoms with Gasteiger partial charge < -0.3 is 77.0 Å². The number of amides is 6. The van der Waals surface area contributed by atoms with Crippen LogP contribution in [0.1, 0.15) is 55.3 Å². The summed E-state index contributed by atoms with van der Waals surface area (Å²) in [6.07, 6.45) is -7.57. The summed E-state index contributed by atoms with van der Waals surface area (Å²) < 4.78 is 0.607. The maximum Gasteiger partial charge on any atom is 0.253 e. The summed E-state index contributed by atoms with van der Waals surface area (Å²) in [5.74, 6) is -4.69. The summed E-state index contributed by atoms with van der Waals surface area (Å²) in [5, 5.41) is 97.8. The minimum Gasteiger partial charge on any atom is -0.394 e. The number of rotatable bonds is 21. The van der Waals surface area contributed by atoms with Crippen LogP contribution in [0.5, 0.6) is 0 Å². The summed E-state index contributed by atoms with van der Waals surface area (Å²) in [4.78, 5) is 83.4. The van der Waals surface area contributed by atoms with Gasteiger partial charge in [0.2, 0.25) is 11.8 Å². The number of anilines is 2. The van der Waals surface area contributed by atoms with Crippen LogP contribution in [0.3, 0.4) is 0 Å². The standard InChI is InChI=1S/C34H42I6N6O15/c1-12(50)45(29-25(37)19(31(58)41-3-14(52)9-47)23(35)20(26(29)38)32(59)42-4-15(53)10-48)7-17(55)8-46(13(2)51)30-27(39)21(33(60)43-5-16(54)11-49)24(36)22(28(30)40)34(61)44-6-18(56)57/h14-18,47-49,52-57H,3-11H2,1-2H3,(H,41,58)(H,42,59)(H,43,60)(H,44,61). The molecule has 0 aliphatic carbocycles. The second-order valence-electron chi connectivity index (χ2n) is 12.8. The van der Waals surface area contributed by atoms with E-state index in [-0.39, 0.29) is 68.1 Å². The van der Waals surface area contributed by atoms with Gasteiger partial charge in [0.15, 0.2) is 6.29 Å². The fourth-order valence-corrected chi connectivity index (χ4v) is 14.6. The average molecular weight is 1540 g/mol. The SMILES string of the molecule is CC(=O)N(CC(O)CN(C(C)=O)c1c(I)c(C(=O)NCC(O)CO)c(I)c(C(=O)NCC(O)CO)c1I)c1c(I)c(C(=O)NCC(O)O)c(I)c(C(=O)NCC(O)CO)c1I. The van der Waals surface area contributed by atoms with Crippen LogP contribution in [0.25, 0.3) is 0 Å². The maximum atomic E-state index is 13.6. The van der Waals surface area contributed by atoms with Crippen molar-refractivity contribution in [1.29, 1.82) is 0 Å². The van der Waals surface area contributed by atoms with Crippen molar-refractivity contribution >= 4 is 182 Å². The molecular formula is C34H42I6N6O15. The molecule has 4 atom stereocenters. The van der Waals surface area contributed by atoms with E-state index in [0.717, 1.165) is 23.6 Å². The third-order valence-corrected chi connectivity index (χ3v) is 14.5. The molecule has 0 aliphatic rings. The van der Waals surface area contributed by atoms with E-state index in [0.29, 0.717) is 0 Å². The van der Waals surface area contributed by atoms with Crippen molar-refractivity contribution in [1.82, 2.24) is 21.3 Å². The Morgan fingerprint density at radius 3 is 0.902 bits per heavy atom. The molecule has 13 N–H and O–H groups in total. The molecule has 61 heavy (non-hydrogen) atoms. The lowest BCUT2D eigenvalue weighted by molar-refractivity contribution is -0.117.